The summed E-state index contributed by atoms with van der Waals surface area (Å²) >= 11 is 6.07. The minimum atomic E-state index is -0.389. The van der Waals surface area contributed by atoms with Crippen LogP contribution in [0.2, 0.25) is 5.02 Å². The van der Waals surface area contributed by atoms with Crippen molar-refractivity contribution in [2.75, 3.05) is 5.32 Å². The molecule has 0 fully saturated rings. The number of urea groups is 1. The van der Waals surface area contributed by atoms with E-state index < -0.39 is 0 Å². The van der Waals surface area contributed by atoms with Gasteiger partial charge in [0.05, 0.1) is 17.4 Å². The van der Waals surface area contributed by atoms with Crippen LogP contribution in [0.1, 0.15) is 38.7 Å². The molecule has 26 heavy (non-hydrogen) atoms. The van der Waals surface area contributed by atoms with E-state index in [-0.39, 0.29) is 18.1 Å². The molecule has 0 saturated carbocycles. The molecule has 0 unspecified atom stereocenters. The molecule has 1 atom stereocenters. The van der Waals surface area contributed by atoms with Crippen LogP contribution in [0.15, 0.2) is 37.2 Å². The van der Waals surface area contributed by atoms with Gasteiger partial charge < -0.3 is 15.2 Å². The van der Waals surface area contributed by atoms with Gasteiger partial charge in [-0.3, -0.25) is 0 Å². The van der Waals surface area contributed by atoms with Crippen molar-refractivity contribution in [3.8, 4) is 5.69 Å². The molecule has 1 aromatic carbocycles. The van der Waals surface area contributed by atoms with Crippen LogP contribution in [0, 0.1) is 0 Å². The summed E-state index contributed by atoms with van der Waals surface area (Å²) in [5.41, 5.74) is 1.16. The molecular weight excluding hydrogens is 356 g/mol. The highest BCUT2D eigenvalue weighted by Gasteiger charge is 2.18. The normalized spacial score (nSPS) is 12.2. The van der Waals surface area contributed by atoms with Crippen LogP contribution < -0.4 is 10.6 Å². The lowest BCUT2D eigenvalue weighted by atomic mass is 10.2. The third kappa shape index (κ3) is 3.83. The molecule has 2 heterocycles. The zero-order chi connectivity index (χ0) is 18.7. The highest BCUT2D eigenvalue weighted by atomic mass is 35.5. The van der Waals surface area contributed by atoms with Crippen LogP contribution in [0.5, 0.6) is 0 Å². The van der Waals surface area contributed by atoms with E-state index in [9.17, 15) is 4.79 Å². The number of benzene rings is 1. The topological polar surface area (TPSA) is 103 Å². The SMILES string of the molecule is CC(C)n1cnnc1[C@@H](C)NC(=O)Nc1cc(Cl)ccc1-n1cncn1. The number of carbonyl (C=O) groups excluding carboxylic acids is 1. The number of hydrogen-bond acceptors (Lipinski definition) is 5. The summed E-state index contributed by atoms with van der Waals surface area (Å²) in [7, 11) is 0. The Morgan fingerprint density at radius 1 is 1.23 bits per heavy atom. The number of carbonyl (C=O) groups is 1. The van der Waals surface area contributed by atoms with Crippen molar-refractivity contribution < 1.29 is 4.79 Å². The maximum atomic E-state index is 12.5. The summed E-state index contributed by atoms with van der Waals surface area (Å²) in [6, 6.07) is 4.60. The van der Waals surface area contributed by atoms with Gasteiger partial charge in [0.15, 0.2) is 5.82 Å². The summed E-state index contributed by atoms with van der Waals surface area (Å²) < 4.78 is 3.45. The zero-order valence-electron chi connectivity index (χ0n) is 14.6. The number of hydrogen-bond donors (Lipinski definition) is 2. The molecule has 0 bridgehead atoms. The predicted molar refractivity (Wildman–Crippen MR) is 97.3 cm³/mol. The maximum Gasteiger partial charge on any atom is 0.319 e. The van der Waals surface area contributed by atoms with Gasteiger partial charge in [0.1, 0.15) is 19.0 Å². The molecule has 3 rings (SSSR count). The summed E-state index contributed by atoms with van der Waals surface area (Å²) in [5, 5.41) is 18.3. The van der Waals surface area contributed by atoms with Crippen LogP contribution in [0.25, 0.3) is 5.69 Å². The Morgan fingerprint density at radius 3 is 2.73 bits per heavy atom. The van der Waals surface area contributed by atoms with Gasteiger partial charge in [0.25, 0.3) is 0 Å². The highest BCUT2D eigenvalue weighted by Crippen LogP contribution is 2.24. The molecule has 9 nitrogen and oxygen atoms in total. The van der Waals surface area contributed by atoms with Crippen molar-refractivity contribution in [3.63, 3.8) is 0 Å². The van der Waals surface area contributed by atoms with Gasteiger partial charge in [-0.15, -0.1) is 10.2 Å². The van der Waals surface area contributed by atoms with E-state index in [2.05, 4.69) is 30.9 Å². The summed E-state index contributed by atoms with van der Waals surface area (Å²) in [6.07, 6.45) is 4.61. The lowest BCUT2D eigenvalue weighted by Gasteiger charge is -2.18. The van der Waals surface area contributed by atoms with E-state index in [1.807, 2.05) is 25.3 Å². The average molecular weight is 375 g/mol. The van der Waals surface area contributed by atoms with Gasteiger partial charge >= 0.3 is 6.03 Å². The molecule has 0 aliphatic carbocycles. The van der Waals surface area contributed by atoms with Crippen molar-refractivity contribution in [2.24, 2.45) is 0 Å². The van der Waals surface area contributed by atoms with E-state index in [1.54, 1.807) is 35.5 Å². The Balaban J connectivity index is 1.76. The number of amides is 2. The Labute approximate surface area is 155 Å². The molecule has 0 spiro atoms. The quantitative estimate of drug-likeness (QED) is 0.714. The lowest BCUT2D eigenvalue weighted by Crippen LogP contribution is -2.33. The maximum absolute atomic E-state index is 12.5. The Hall–Kier alpha value is -2.94. The standard InChI is InChI=1S/C16H19ClN8O/c1-10(2)24-9-19-23-15(24)11(3)21-16(26)22-13-6-12(17)4-5-14(13)25-8-18-7-20-25/h4-11H,1-3H3,(H2,21,22,26)/t11-/m1/s1. The fourth-order valence-corrected chi connectivity index (χ4v) is 2.69. The molecule has 0 aliphatic rings. The zero-order valence-corrected chi connectivity index (χ0v) is 15.3. The van der Waals surface area contributed by atoms with Gasteiger partial charge in [0, 0.05) is 11.1 Å². The van der Waals surface area contributed by atoms with Crippen molar-refractivity contribution in [3.05, 3.63) is 48.0 Å². The highest BCUT2D eigenvalue weighted by molar-refractivity contribution is 6.31. The van der Waals surface area contributed by atoms with Gasteiger partial charge in [-0.1, -0.05) is 11.6 Å². The van der Waals surface area contributed by atoms with E-state index in [4.69, 9.17) is 11.6 Å². The van der Waals surface area contributed by atoms with E-state index in [0.717, 1.165) is 0 Å². The molecule has 2 aromatic heterocycles. The third-order valence-electron chi connectivity index (χ3n) is 3.76. The minimum absolute atomic E-state index is 0.194. The monoisotopic (exact) mass is 374 g/mol. The van der Waals surface area contributed by atoms with Gasteiger partial charge in [-0.2, -0.15) is 5.10 Å². The third-order valence-corrected chi connectivity index (χ3v) is 4.00. The molecular formula is C16H19ClN8O. The van der Waals surface area contributed by atoms with Crippen molar-refractivity contribution >= 4 is 23.3 Å². The van der Waals surface area contributed by atoms with Crippen LogP contribution in [0.3, 0.4) is 0 Å². The van der Waals surface area contributed by atoms with E-state index >= 15 is 0 Å². The predicted octanol–water partition coefficient (Wildman–Crippen LogP) is 2.98. The Morgan fingerprint density at radius 2 is 2.04 bits per heavy atom. The first-order valence-corrected chi connectivity index (χ1v) is 8.45. The van der Waals surface area contributed by atoms with E-state index in [0.29, 0.717) is 22.2 Å². The van der Waals surface area contributed by atoms with Crippen LogP contribution in [0.4, 0.5) is 10.5 Å². The molecule has 136 valence electrons. The van der Waals surface area contributed by atoms with Crippen LogP contribution in [-0.4, -0.2) is 35.6 Å². The van der Waals surface area contributed by atoms with Crippen molar-refractivity contribution in [1.82, 2.24) is 34.8 Å². The fourth-order valence-electron chi connectivity index (χ4n) is 2.52. The molecule has 10 heteroatoms. The average Bonchev–Trinajstić information content (AvgIpc) is 3.26. The minimum Gasteiger partial charge on any atom is -0.328 e. The summed E-state index contributed by atoms with van der Waals surface area (Å²) in [6.45, 7) is 5.89. The van der Waals surface area contributed by atoms with Crippen LogP contribution in [-0.2, 0) is 0 Å². The fraction of sp³-hybridized carbons (Fsp3) is 0.312. The molecule has 0 aliphatic heterocycles. The Bertz CT molecular complexity index is 890. The molecule has 2 N–H and O–H groups in total. The Kier molecular flexibility index (Phi) is 5.17. The van der Waals surface area contributed by atoms with Gasteiger partial charge in [-0.05, 0) is 39.0 Å². The second kappa shape index (κ2) is 7.52. The van der Waals surface area contributed by atoms with Gasteiger partial charge in [0.2, 0.25) is 0 Å². The van der Waals surface area contributed by atoms with E-state index in [1.165, 1.54) is 6.33 Å². The number of nitrogens with zero attached hydrogens (tertiary/aromatic N) is 6. The van der Waals surface area contributed by atoms with Crippen molar-refractivity contribution in [2.45, 2.75) is 32.9 Å². The molecule has 0 saturated heterocycles. The molecule has 2 amide bonds. The molecule has 3 aromatic rings. The first-order valence-electron chi connectivity index (χ1n) is 8.07. The number of rotatable bonds is 5. The number of aromatic nitrogens is 6. The second-order valence-corrected chi connectivity index (χ2v) is 6.45. The summed E-state index contributed by atoms with van der Waals surface area (Å²) in [5.74, 6) is 0.678. The lowest BCUT2D eigenvalue weighted by molar-refractivity contribution is 0.248. The number of halogens is 1. The van der Waals surface area contributed by atoms with Gasteiger partial charge in [-0.25, -0.2) is 14.5 Å². The summed E-state index contributed by atoms with van der Waals surface area (Å²) in [4.78, 5) is 16.4. The largest absolute Gasteiger partial charge is 0.328 e. The number of nitrogens with one attached hydrogen (secondary N) is 2. The first kappa shape index (κ1) is 17.9. The second-order valence-electron chi connectivity index (χ2n) is 6.01. The van der Waals surface area contributed by atoms with Crippen LogP contribution >= 0.6 is 11.6 Å². The molecule has 0 radical (unpaired) electrons. The number of anilines is 1. The van der Waals surface area contributed by atoms with Crippen molar-refractivity contribution in [1.29, 1.82) is 0 Å². The first-order chi connectivity index (χ1) is 12.5. The smallest absolute Gasteiger partial charge is 0.319 e.